The molecule has 0 bridgehead atoms. The topological polar surface area (TPSA) is 67.8 Å². The van der Waals surface area contributed by atoms with E-state index in [-0.39, 0.29) is 25.5 Å². The predicted octanol–water partition coefficient (Wildman–Crippen LogP) is 0.702. The zero-order valence-electron chi connectivity index (χ0n) is 10.0. The summed E-state index contributed by atoms with van der Waals surface area (Å²) in [6, 6.07) is 5.17. The van der Waals surface area contributed by atoms with Gasteiger partial charge in [0.1, 0.15) is 0 Å². The minimum atomic E-state index is -0.0812. The Morgan fingerprint density at radius 2 is 2.18 bits per heavy atom. The molecule has 0 spiro atoms. The minimum Gasteiger partial charge on any atom is -0.493 e. The maximum absolute atomic E-state index is 11.0. The van der Waals surface area contributed by atoms with Crippen molar-refractivity contribution >= 4 is 5.91 Å². The highest BCUT2D eigenvalue weighted by atomic mass is 16.5. The number of aliphatic hydroxyl groups is 1. The number of carbonyl (C=O) groups is 1. The monoisotopic (exact) mass is 239 g/mol. The highest BCUT2D eigenvalue weighted by Crippen LogP contribution is 2.28. The van der Waals surface area contributed by atoms with Gasteiger partial charge in [0.2, 0.25) is 5.91 Å². The summed E-state index contributed by atoms with van der Waals surface area (Å²) >= 11 is 0. The van der Waals surface area contributed by atoms with Crippen molar-refractivity contribution in [2.45, 2.75) is 13.0 Å². The molecule has 0 saturated carbocycles. The lowest BCUT2D eigenvalue weighted by atomic mass is 10.2. The molecule has 2 N–H and O–H groups in total. The normalized spacial score (nSPS) is 9.82. The lowest BCUT2D eigenvalue weighted by Crippen LogP contribution is -2.20. The maximum Gasteiger partial charge on any atom is 0.223 e. The molecule has 0 aliphatic carbocycles. The van der Waals surface area contributed by atoms with E-state index < -0.39 is 0 Å². The Morgan fingerprint density at radius 1 is 1.41 bits per heavy atom. The number of hydrogen-bond acceptors (Lipinski definition) is 4. The summed E-state index contributed by atoms with van der Waals surface area (Å²) in [4.78, 5) is 11.0. The van der Waals surface area contributed by atoms with Gasteiger partial charge in [-0.25, -0.2) is 0 Å². The summed E-state index contributed by atoms with van der Waals surface area (Å²) < 4.78 is 10.6. The van der Waals surface area contributed by atoms with Crippen molar-refractivity contribution in [2.24, 2.45) is 0 Å². The Kier molecular flexibility index (Phi) is 5.29. The smallest absolute Gasteiger partial charge is 0.223 e. The number of hydrogen-bond donors (Lipinski definition) is 2. The molecule has 0 atom stereocenters. The van der Waals surface area contributed by atoms with E-state index in [1.54, 1.807) is 32.4 Å². The van der Waals surface area contributed by atoms with Crippen molar-refractivity contribution in [3.63, 3.8) is 0 Å². The van der Waals surface area contributed by atoms with Gasteiger partial charge in [-0.3, -0.25) is 4.79 Å². The Bertz CT molecular complexity index is 379. The van der Waals surface area contributed by atoms with Crippen LogP contribution in [0.3, 0.4) is 0 Å². The summed E-state index contributed by atoms with van der Waals surface area (Å²) in [6.45, 7) is 0.209. The fourth-order valence-electron chi connectivity index (χ4n) is 1.31. The van der Waals surface area contributed by atoms with E-state index in [1.165, 1.54) is 0 Å². The molecule has 1 aromatic rings. The summed E-state index contributed by atoms with van der Waals surface area (Å²) in [6.07, 6.45) is 0.281. The summed E-state index contributed by atoms with van der Waals surface area (Å²) in [7, 11) is 3.12. The van der Waals surface area contributed by atoms with Crippen LogP contribution in [-0.4, -0.2) is 31.8 Å². The standard InChI is InChI=1S/C12H17NO4/c1-13-12(15)5-6-17-11-7-9(8-14)3-4-10(11)16-2/h3-4,7,14H,5-6,8H2,1-2H3,(H,13,15). The van der Waals surface area contributed by atoms with Crippen LogP contribution in [0.5, 0.6) is 11.5 Å². The molecule has 0 aliphatic rings. The second kappa shape index (κ2) is 6.75. The highest BCUT2D eigenvalue weighted by Gasteiger charge is 2.06. The van der Waals surface area contributed by atoms with Gasteiger partial charge in [-0.05, 0) is 17.7 Å². The third-order valence-corrected chi connectivity index (χ3v) is 2.28. The molecule has 94 valence electrons. The molecule has 0 radical (unpaired) electrons. The predicted molar refractivity (Wildman–Crippen MR) is 63.1 cm³/mol. The van der Waals surface area contributed by atoms with E-state index >= 15 is 0 Å². The molecule has 17 heavy (non-hydrogen) atoms. The van der Waals surface area contributed by atoms with Crippen molar-refractivity contribution in [1.82, 2.24) is 5.32 Å². The molecular formula is C12H17NO4. The van der Waals surface area contributed by atoms with Gasteiger partial charge in [0.05, 0.1) is 26.7 Å². The number of methoxy groups -OCH3 is 1. The van der Waals surface area contributed by atoms with E-state index in [0.29, 0.717) is 11.5 Å². The van der Waals surface area contributed by atoms with Gasteiger partial charge >= 0.3 is 0 Å². The van der Waals surface area contributed by atoms with Crippen LogP contribution in [0.25, 0.3) is 0 Å². The van der Waals surface area contributed by atoms with Crippen LogP contribution in [0.15, 0.2) is 18.2 Å². The second-order valence-electron chi connectivity index (χ2n) is 3.41. The van der Waals surface area contributed by atoms with E-state index in [1.807, 2.05) is 0 Å². The first-order valence-corrected chi connectivity index (χ1v) is 5.32. The number of amides is 1. The molecule has 0 aliphatic heterocycles. The second-order valence-corrected chi connectivity index (χ2v) is 3.41. The molecular weight excluding hydrogens is 222 g/mol. The van der Waals surface area contributed by atoms with Crippen molar-refractivity contribution in [3.05, 3.63) is 23.8 Å². The molecule has 5 nitrogen and oxygen atoms in total. The van der Waals surface area contributed by atoms with Crippen LogP contribution in [0.4, 0.5) is 0 Å². The van der Waals surface area contributed by atoms with Crippen LogP contribution in [0, 0.1) is 0 Å². The Balaban J connectivity index is 2.64. The number of carbonyl (C=O) groups excluding carboxylic acids is 1. The minimum absolute atomic E-state index is 0.0597. The molecule has 5 heteroatoms. The van der Waals surface area contributed by atoms with Crippen molar-refractivity contribution in [3.8, 4) is 11.5 Å². The van der Waals surface area contributed by atoms with E-state index in [9.17, 15) is 4.79 Å². The number of benzene rings is 1. The Morgan fingerprint density at radius 3 is 2.76 bits per heavy atom. The lowest BCUT2D eigenvalue weighted by molar-refractivity contribution is -0.121. The molecule has 0 unspecified atom stereocenters. The first-order valence-electron chi connectivity index (χ1n) is 5.32. The average Bonchev–Trinajstić information content (AvgIpc) is 2.38. The number of rotatable bonds is 6. The summed E-state index contributed by atoms with van der Waals surface area (Å²) in [5.74, 6) is 1.03. The van der Waals surface area contributed by atoms with Gasteiger partial charge in [0.15, 0.2) is 11.5 Å². The zero-order valence-corrected chi connectivity index (χ0v) is 10.0. The largest absolute Gasteiger partial charge is 0.493 e. The number of aliphatic hydroxyl groups excluding tert-OH is 1. The number of ether oxygens (including phenoxy) is 2. The molecule has 0 fully saturated rings. The van der Waals surface area contributed by atoms with Crippen LogP contribution in [0.2, 0.25) is 0 Å². The van der Waals surface area contributed by atoms with Gasteiger partial charge in [0, 0.05) is 7.05 Å². The van der Waals surface area contributed by atoms with Gasteiger partial charge in [-0.1, -0.05) is 6.07 Å². The zero-order chi connectivity index (χ0) is 12.7. The third-order valence-electron chi connectivity index (χ3n) is 2.28. The highest BCUT2D eigenvalue weighted by molar-refractivity contribution is 5.75. The molecule has 0 heterocycles. The molecule has 1 aromatic carbocycles. The summed E-state index contributed by atoms with van der Waals surface area (Å²) in [5, 5.41) is 11.5. The van der Waals surface area contributed by atoms with Gasteiger partial charge in [-0.15, -0.1) is 0 Å². The van der Waals surface area contributed by atoms with Gasteiger partial charge in [-0.2, -0.15) is 0 Å². The third kappa shape index (κ3) is 3.96. The van der Waals surface area contributed by atoms with E-state index in [4.69, 9.17) is 14.6 Å². The SMILES string of the molecule is CNC(=O)CCOc1cc(CO)ccc1OC. The van der Waals surface area contributed by atoms with E-state index in [0.717, 1.165) is 5.56 Å². The Labute approximate surface area is 100 Å². The fraction of sp³-hybridized carbons (Fsp3) is 0.417. The first kappa shape index (κ1) is 13.3. The fourth-order valence-corrected chi connectivity index (χ4v) is 1.31. The van der Waals surface area contributed by atoms with Crippen molar-refractivity contribution in [2.75, 3.05) is 20.8 Å². The lowest BCUT2D eigenvalue weighted by Gasteiger charge is -2.11. The van der Waals surface area contributed by atoms with Crippen molar-refractivity contribution < 1.29 is 19.4 Å². The molecule has 1 amide bonds. The molecule has 0 saturated heterocycles. The molecule has 0 aromatic heterocycles. The van der Waals surface area contributed by atoms with E-state index in [2.05, 4.69) is 5.32 Å². The molecule has 1 rings (SSSR count). The van der Waals surface area contributed by atoms with Gasteiger partial charge < -0.3 is 19.9 Å². The van der Waals surface area contributed by atoms with Gasteiger partial charge in [0.25, 0.3) is 0 Å². The van der Waals surface area contributed by atoms with Crippen LogP contribution < -0.4 is 14.8 Å². The van der Waals surface area contributed by atoms with Crippen molar-refractivity contribution in [1.29, 1.82) is 0 Å². The van der Waals surface area contributed by atoms with Crippen LogP contribution >= 0.6 is 0 Å². The quantitative estimate of drug-likeness (QED) is 0.767. The van der Waals surface area contributed by atoms with Crippen LogP contribution in [0.1, 0.15) is 12.0 Å². The average molecular weight is 239 g/mol. The summed E-state index contributed by atoms with van der Waals surface area (Å²) in [5.41, 5.74) is 0.737. The first-order chi connectivity index (χ1) is 8.21. The maximum atomic E-state index is 11.0. The van der Waals surface area contributed by atoms with Crippen LogP contribution in [-0.2, 0) is 11.4 Å². The Hall–Kier alpha value is -1.75. The number of nitrogens with one attached hydrogen (secondary N) is 1.